The van der Waals surface area contributed by atoms with Crippen LogP contribution in [0, 0.1) is 17.8 Å². The van der Waals surface area contributed by atoms with Gasteiger partial charge in [0.05, 0.1) is 0 Å². The van der Waals surface area contributed by atoms with Crippen LogP contribution in [-0.4, -0.2) is 10.9 Å². The van der Waals surface area contributed by atoms with Crippen LogP contribution in [0.4, 0.5) is 6.01 Å². The molecule has 1 amide bonds. The van der Waals surface area contributed by atoms with E-state index in [4.69, 9.17) is 4.42 Å². The van der Waals surface area contributed by atoms with E-state index in [0.717, 1.165) is 30.2 Å². The maximum absolute atomic E-state index is 12.5. The van der Waals surface area contributed by atoms with Gasteiger partial charge in [-0.05, 0) is 43.2 Å². The molecular weight excluding hydrogens is 264 g/mol. The molecule has 0 saturated heterocycles. The first kappa shape index (κ1) is 12.9. The second kappa shape index (κ2) is 5.17. The minimum Gasteiger partial charge on any atom is -0.423 e. The Kier molecular flexibility index (Phi) is 3.17. The van der Waals surface area contributed by atoms with E-state index >= 15 is 0 Å². The summed E-state index contributed by atoms with van der Waals surface area (Å²) in [5.41, 5.74) is 1.50. The van der Waals surface area contributed by atoms with Gasteiger partial charge in [0.15, 0.2) is 5.58 Å². The number of carbonyl (C=O) groups is 1. The van der Waals surface area contributed by atoms with Gasteiger partial charge in [-0.15, -0.1) is 0 Å². The molecular formula is C17H20N2O2. The zero-order valence-corrected chi connectivity index (χ0v) is 12.0. The van der Waals surface area contributed by atoms with Gasteiger partial charge < -0.3 is 4.42 Å². The Labute approximate surface area is 123 Å². The molecule has 4 heteroatoms. The average Bonchev–Trinajstić information content (AvgIpc) is 2.89. The summed E-state index contributed by atoms with van der Waals surface area (Å²) in [5, 5.41) is 2.87. The molecule has 1 aromatic heterocycles. The topological polar surface area (TPSA) is 55.1 Å². The number of hydrogen-bond donors (Lipinski definition) is 1. The molecule has 4 rings (SSSR count). The SMILES string of the molecule is O=C(Nc1nc2ccccc2o1)C1CC2CCCC(C2)C1. The molecule has 110 valence electrons. The maximum Gasteiger partial charge on any atom is 0.302 e. The van der Waals surface area contributed by atoms with E-state index in [-0.39, 0.29) is 11.8 Å². The third-order valence-electron chi connectivity index (χ3n) is 5.02. The van der Waals surface area contributed by atoms with Gasteiger partial charge in [0.25, 0.3) is 0 Å². The van der Waals surface area contributed by atoms with Crippen molar-refractivity contribution in [3.8, 4) is 0 Å². The fourth-order valence-electron chi connectivity index (χ4n) is 4.08. The molecule has 2 saturated carbocycles. The molecule has 0 radical (unpaired) electrons. The number of carbonyl (C=O) groups excluding carboxylic acids is 1. The van der Waals surface area contributed by atoms with Crippen LogP contribution in [0.3, 0.4) is 0 Å². The predicted molar refractivity (Wildman–Crippen MR) is 80.8 cm³/mol. The molecule has 1 N–H and O–H groups in total. The van der Waals surface area contributed by atoms with Crippen LogP contribution in [0.2, 0.25) is 0 Å². The number of oxazole rings is 1. The van der Waals surface area contributed by atoms with Crippen molar-refractivity contribution in [3.63, 3.8) is 0 Å². The zero-order chi connectivity index (χ0) is 14.2. The molecule has 2 aliphatic carbocycles. The van der Waals surface area contributed by atoms with E-state index in [1.165, 1.54) is 25.7 Å². The summed E-state index contributed by atoms with van der Waals surface area (Å²) in [5.74, 6) is 1.70. The van der Waals surface area contributed by atoms with Crippen molar-refractivity contribution < 1.29 is 9.21 Å². The van der Waals surface area contributed by atoms with Gasteiger partial charge in [-0.1, -0.05) is 31.4 Å². The van der Waals surface area contributed by atoms with Crippen LogP contribution in [-0.2, 0) is 4.79 Å². The molecule has 2 bridgehead atoms. The Morgan fingerprint density at radius 2 is 1.90 bits per heavy atom. The van der Waals surface area contributed by atoms with E-state index in [1.807, 2.05) is 24.3 Å². The van der Waals surface area contributed by atoms with Crippen molar-refractivity contribution in [1.82, 2.24) is 4.98 Å². The molecule has 2 aliphatic rings. The summed E-state index contributed by atoms with van der Waals surface area (Å²) < 4.78 is 5.58. The minimum atomic E-state index is 0.0816. The maximum atomic E-state index is 12.5. The van der Waals surface area contributed by atoms with Crippen LogP contribution in [0.1, 0.15) is 38.5 Å². The predicted octanol–water partition coefficient (Wildman–Crippen LogP) is 3.98. The first-order valence-corrected chi connectivity index (χ1v) is 7.94. The largest absolute Gasteiger partial charge is 0.423 e. The highest BCUT2D eigenvalue weighted by atomic mass is 16.4. The van der Waals surface area contributed by atoms with E-state index in [1.54, 1.807) is 0 Å². The summed E-state index contributed by atoms with van der Waals surface area (Å²) in [6, 6.07) is 7.90. The lowest BCUT2D eigenvalue weighted by molar-refractivity contribution is -0.122. The monoisotopic (exact) mass is 284 g/mol. The smallest absolute Gasteiger partial charge is 0.302 e. The zero-order valence-electron chi connectivity index (χ0n) is 12.0. The van der Waals surface area contributed by atoms with Gasteiger partial charge >= 0.3 is 6.01 Å². The molecule has 2 aromatic rings. The number of anilines is 1. The van der Waals surface area contributed by atoms with Crippen molar-refractivity contribution in [2.45, 2.75) is 38.5 Å². The third-order valence-corrected chi connectivity index (χ3v) is 5.02. The van der Waals surface area contributed by atoms with Crippen molar-refractivity contribution in [2.24, 2.45) is 17.8 Å². The lowest BCUT2D eigenvalue weighted by atomic mass is 9.68. The third kappa shape index (κ3) is 2.55. The highest BCUT2D eigenvalue weighted by Gasteiger charge is 2.35. The normalized spacial score (nSPS) is 28.5. The highest BCUT2D eigenvalue weighted by Crippen LogP contribution is 2.42. The number of nitrogens with one attached hydrogen (secondary N) is 1. The lowest BCUT2D eigenvalue weighted by Gasteiger charge is -2.38. The Morgan fingerprint density at radius 3 is 2.67 bits per heavy atom. The van der Waals surface area contributed by atoms with Crippen LogP contribution in [0.15, 0.2) is 28.7 Å². The first-order valence-electron chi connectivity index (χ1n) is 7.94. The molecule has 1 aromatic carbocycles. The number of para-hydroxylation sites is 2. The molecule has 2 atom stereocenters. The summed E-state index contributed by atoms with van der Waals surface area (Å²) >= 11 is 0. The number of hydrogen-bond acceptors (Lipinski definition) is 3. The lowest BCUT2D eigenvalue weighted by Crippen LogP contribution is -2.34. The number of amides is 1. The molecule has 0 aliphatic heterocycles. The van der Waals surface area contributed by atoms with Crippen molar-refractivity contribution in [1.29, 1.82) is 0 Å². The van der Waals surface area contributed by atoms with Crippen LogP contribution < -0.4 is 5.32 Å². The first-order chi connectivity index (χ1) is 10.3. The van der Waals surface area contributed by atoms with Gasteiger partial charge in [-0.3, -0.25) is 10.1 Å². The standard InChI is InChI=1S/C17H20N2O2/c20-16(13-9-11-4-3-5-12(8-11)10-13)19-17-18-14-6-1-2-7-15(14)21-17/h1-2,6-7,11-13H,3-5,8-10H2,(H,18,19,20). The number of aromatic nitrogens is 1. The van der Waals surface area contributed by atoms with Gasteiger partial charge in [-0.2, -0.15) is 4.98 Å². The van der Waals surface area contributed by atoms with E-state index < -0.39 is 0 Å². The molecule has 2 unspecified atom stereocenters. The fraction of sp³-hybridized carbons (Fsp3) is 0.529. The van der Waals surface area contributed by atoms with Crippen molar-refractivity contribution in [2.75, 3.05) is 5.32 Å². The van der Waals surface area contributed by atoms with Gasteiger partial charge in [0.1, 0.15) is 5.52 Å². The average molecular weight is 284 g/mol. The Balaban J connectivity index is 1.47. The van der Waals surface area contributed by atoms with E-state index in [0.29, 0.717) is 11.6 Å². The summed E-state index contributed by atoms with van der Waals surface area (Å²) in [6.45, 7) is 0. The van der Waals surface area contributed by atoms with Crippen molar-refractivity contribution in [3.05, 3.63) is 24.3 Å². The number of benzene rings is 1. The molecule has 21 heavy (non-hydrogen) atoms. The minimum absolute atomic E-state index is 0.0816. The Hall–Kier alpha value is -1.84. The van der Waals surface area contributed by atoms with Gasteiger partial charge in [0.2, 0.25) is 5.91 Å². The molecule has 0 spiro atoms. The van der Waals surface area contributed by atoms with E-state index in [2.05, 4.69) is 10.3 Å². The van der Waals surface area contributed by atoms with Gasteiger partial charge in [-0.25, -0.2) is 0 Å². The Bertz CT molecular complexity index is 619. The van der Waals surface area contributed by atoms with Crippen LogP contribution in [0.25, 0.3) is 11.1 Å². The molecule has 4 nitrogen and oxygen atoms in total. The molecule has 1 heterocycles. The fourth-order valence-corrected chi connectivity index (χ4v) is 4.08. The second-order valence-electron chi connectivity index (χ2n) is 6.54. The van der Waals surface area contributed by atoms with Crippen molar-refractivity contribution >= 4 is 23.0 Å². The van der Waals surface area contributed by atoms with Crippen LogP contribution >= 0.6 is 0 Å². The number of rotatable bonds is 2. The quantitative estimate of drug-likeness (QED) is 0.907. The van der Waals surface area contributed by atoms with Gasteiger partial charge in [0, 0.05) is 5.92 Å². The number of fused-ring (bicyclic) bond motifs is 3. The number of nitrogens with zero attached hydrogens (tertiary/aromatic N) is 1. The highest BCUT2D eigenvalue weighted by molar-refractivity contribution is 5.91. The summed E-state index contributed by atoms with van der Waals surface area (Å²) in [7, 11) is 0. The van der Waals surface area contributed by atoms with Crippen LogP contribution in [0.5, 0.6) is 0 Å². The second-order valence-corrected chi connectivity index (χ2v) is 6.54. The molecule has 2 fully saturated rings. The Morgan fingerprint density at radius 1 is 1.14 bits per heavy atom. The summed E-state index contributed by atoms with van der Waals surface area (Å²) in [4.78, 5) is 16.8. The van der Waals surface area contributed by atoms with E-state index in [9.17, 15) is 4.79 Å². The summed E-state index contributed by atoms with van der Waals surface area (Å²) in [6.07, 6.45) is 7.32.